The minimum absolute atomic E-state index is 0.0109. The number of aromatic hydroxyl groups is 1. The summed E-state index contributed by atoms with van der Waals surface area (Å²) < 4.78 is 0.573. The molecule has 0 unspecified atom stereocenters. The average Bonchev–Trinajstić information content (AvgIpc) is 2.97. The minimum Gasteiger partial charge on any atom is -0.494 e. The molecular weight excluding hydrogens is 412 g/mol. The quantitative estimate of drug-likeness (QED) is 0.720. The largest absolute Gasteiger partial charge is 0.494 e. The van der Waals surface area contributed by atoms with Gasteiger partial charge in [-0.2, -0.15) is 15.4 Å². The number of hydrogen-bond donors (Lipinski definition) is 2. The van der Waals surface area contributed by atoms with Crippen molar-refractivity contribution < 1.29 is 19.8 Å². The Labute approximate surface area is 175 Å². The molecule has 9 nitrogen and oxygen atoms in total. The first-order valence-corrected chi connectivity index (χ1v) is 8.99. The molecule has 2 aromatic rings. The molecule has 1 aliphatic rings. The summed E-state index contributed by atoms with van der Waals surface area (Å²) in [5, 5.41) is 34.8. The van der Waals surface area contributed by atoms with E-state index in [1.807, 2.05) is 0 Å². The van der Waals surface area contributed by atoms with Crippen molar-refractivity contribution in [2.24, 2.45) is 5.10 Å². The van der Waals surface area contributed by atoms with Crippen LogP contribution in [0.4, 0.5) is 5.69 Å². The van der Waals surface area contributed by atoms with Crippen LogP contribution in [0.2, 0.25) is 5.02 Å². The lowest BCUT2D eigenvalue weighted by atomic mass is 10.0. The van der Waals surface area contributed by atoms with Crippen LogP contribution in [0.1, 0.15) is 23.6 Å². The molecule has 0 atom stereocenters. The maximum atomic E-state index is 12.9. The van der Waals surface area contributed by atoms with Crippen molar-refractivity contribution >= 4 is 41.0 Å². The second-order valence-electron chi connectivity index (χ2n) is 6.47. The second-order valence-corrected chi connectivity index (χ2v) is 6.91. The minimum atomic E-state index is -1.37. The molecule has 0 aliphatic carbocycles. The molecule has 152 valence electrons. The number of carboxylic acid groups (broad SMARTS) is 1. The SMILES string of the molecule is CC1=NN(c2ccc(Cl)cc2)C(=O)/C1=C\c1c(C)c(C#N)c(=O)n(CC(=O)O)c1O. The van der Waals surface area contributed by atoms with Crippen molar-refractivity contribution in [1.29, 1.82) is 5.26 Å². The Hall–Kier alpha value is -3.90. The van der Waals surface area contributed by atoms with E-state index >= 15 is 0 Å². The Kier molecular flexibility index (Phi) is 5.45. The van der Waals surface area contributed by atoms with E-state index < -0.39 is 29.9 Å². The van der Waals surface area contributed by atoms with Crippen LogP contribution in [0.25, 0.3) is 6.08 Å². The Morgan fingerprint density at radius 1 is 1.27 bits per heavy atom. The summed E-state index contributed by atoms with van der Waals surface area (Å²) in [5.74, 6) is -2.53. The second kappa shape index (κ2) is 7.85. The molecule has 1 aromatic carbocycles. The van der Waals surface area contributed by atoms with Gasteiger partial charge in [-0.25, -0.2) is 0 Å². The number of carboxylic acids is 1. The molecule has 0 spiro atoms. The molecule has 0 saturated heterocycles. The number of nitrogens with zero attached hydrogens (tertiary/aromatic N) is 4. The summed E-state index contributed by atoms with van der Waals surface area (Å²) in [4.78, 5) is 36.3. The van der Waals surface area contributed by atoms with E-state index in [2.05, 4.69) is 5.10 Å². The highest BCUT2D eigenvalue weighted by atomic mass is 35.5. The zero-order valence-electron chi connectivity index (χ0n) is 15.9. The number of aromatic nitrogens is 1. The molecule has 0 saturated carbocycles. The maximum Gasteiger partial charge on any atom is 0.323 e. The van der Waals surface area contributed by atoms with Gasteiger partial charge in [-0.1, -0.05) is 11.6 Å². The van der Waals surface area contributed by atoms with Gasteiger partial charge < -0.3 is 10.2 Å². The number of pyridine rings is 1. The van der Waals surface area contributed by atoms with Gasteiger partial charge in [0.1, 0.15) is 18.2 Å². The van der Waals surface area contributed by atoms with Gasteiger partial charge in [0.15, 0.2) is 0 Å². The van der Waals surface area contributed by atoms with E-state index in [1.165, 1.54) is 13.0 Å². The topological polar surface area (TPSA) is 136 Å². The van der Waals surface area contributed by atoms with Gasteiger partial charge in [0, 0.05) is 10.6 Å². The molecule has 1 aliphatic heterocycles. The molecule has 0 bridgehead atoms. The number of anilines is 1. The van der Waals surface area contributed by atoms with Crippen LogP contribution in [0.3, 0.4) is 0 Å². The van der Waals surface area contributed by atoms with Crippen LogP contribution in [-0.4, -0.2) is 32.4 Å². The highest BCUT2D eigenvalue weighted by Crippen LogP contribution is 2.29. The highest BCUT2D eigenvalue weighted by Gasteiger charge is 2.30. The number of rotatable bonds is 4. The van der Waals surface area contributed by atoms with Crippen molar-refractivity contribution in [1.82, 2.24) is 4.57 Å². The third-order valence-corrected chi connectivity index (χ3v) is 4.81. The average molecular weight is 427 g/mol. The van der Waals surface area contributed by atoms with E-state index in [1.54, 1.807) is 37.3 Å². The zero-order valence-corrected chi connectivity index (χ0v) is 16.6. The van der Waals surface area contributed by atoms with Crippen molar-refractivity contribution in [3.63, 3.8) is 0 Å². The monoisotopic (exact) mass is 426 g/mol. The lowest BCUT2D eigenvalue weighted by molar-refractivity contribution is -0.137. The number of halogens is 1. The summed E-state index contributed by atoms with van der Waals surface area (Å²) in [6.45, 7) is 2.18. The van der Waals surface area contributed by atoms with Crippen LogP contribution in [0, 0.1) is 18.3 Å². The summed E-state index contributed by atoms with van der Waals surface area (Å²) in [6, 6.07) is 8.17. The molecule has 30 heavy (non-hydrogen) atoms. The Balaban J connectivity index is 2.15. The third-order valence-electron chi connectivity index (χ3n) is 4.56. The molecule has 1 aromatic heterocycles. The van der Waals surface area contributed by atoms with Crippen molar-refractivity contribution in [3.8, 4) is 11.9 Å². The van der Waals surface area contributed by atoms with Crippen molar-refractivity contribution in [2.45, 2.75) is 20.4 Å². The van der Waals surface area contributed by atoms with Gasteiger partial charge in [0.05, 0.1) is 17.0 Å². The number of benzene rings is 1. The van der Waals surface area contributed by atoms with Crippen LogP contribution in [-0.2, 0) is 16.1 Å². The number of carbonyl (C=O) groups is 2. The van der Waals surface area contributed by atoms with Crippen LogP contribution in [0.15, 0.2) is 39.7 Å². The predicted molar refractivity (Wildman–Crippen MR) is 109 cm³/mol. The molecule has 0 fully saturated rings. The van der Waals surface area contributed by atoms with Crippen LogP contribution < -0.4 is 10.6 Å². The number of nitriles is 1. The lowest BCUT2D eigenvalue weighted by Gasteiger charge is -2.14. The Morgan fingerprint density at radius 3 is 2.47 bits per heavy atom. The van der Waals surface area contributed by atoms with Crippen LogP contribution in [0.5, 0.6) is 5.88 Å². The Bertz CT molecular complexity index is 1240. The molecule has 2 N–H and O–H groups in total. The van der Waals surface area contributed by atoms with E-state index in [0.717, 1.165) is 5.01 Å². The summed E-state index contributed by atoms with van der Waals surface area (Å²) >= 11 is 5.87. The van der Waals surface area contributed by atoms with Gasteiger partial charge in [-0.3, -0.25) is 19.0 Å². The van der Waals surface area contributed by atoms with E-state index in [4.69, 9.17) is 16.7 Å². The fourth-order valence-corrected chi connectivity index (χ4v) is 3.14. The number of carbonyl (C=O) groups excluding carboxylic acids is 1. The van der Waals surface area contributed by atoms with Crippen molar-refractivity contribution in [2.75, 3.05) is 5.01 Å². The lowest BCUT2D eigenvalue weighted by Crippen LogP contribution is -2.28. The van der Waals surface area contributed by atoms with Gasteiger partial charge in [-0.05, 0) is 49.8 Å². The number of hydrogen-bond acceptors (Lipinski definition) is 6. The van der Waals surface area contributed by atoms with E-state index in [0.29, 0.717) is 21.0 Å². The van der Waals surface area contributed by atoms with Gasteiger partial charge in [0.25, 0.3) is 11.5 Å². The normalized spacial score (nSPS) is 14.7. The fourth-order valence-electron chi connectivity index (χ4n) is 3.01. The smallest absolute Gasteiger partial charge is 0.323 e. The molecule has 3 rings (SSSR count). The van der Waals surface area contributed by atoms with Crippen LogP contribution >= 0.6 is 11.6 Å². The molecule has 10 heteroatoms. The molecule has 2 heterocycles. The molecule has 0 radical (unpaired) electrons. The van der Waals surface area contributed by atoms with Crippen molar-refractivity contribution in [3.05, 3.63) is 61.9 Å². The summed E-state index contributed by atoms with van der Waals surface area (Å²) in [6.07, 6.45) is 1.29. The predicted octanol–water partition coefficient (Wildman–Crippen LogP) is 2.28. The van der Waals surface area contributed by atoms with Gasteiger partial charge in [-0.15, -0.1) is 0 Å². The summed E-state index contributed by atoms with van der Waals surface area (Å²) in [5.41, 5.74) is -0.209. The highest BCUT2D eigenvalue weighted by molar-refractivity contribution is 6.32. The maximum absolute atomic E-state index is 12.9. The van der Waals surface area contributed by atoms with Gasteiger partial charge in [0.2, 0.25) is 5.88 Å². The van der Waals surface area contributed by atoms with Gasteiger partial charge >= 0.3 is 5.97 Å². The van der Waals surface area contributed by atoms with E-state index in [-0.39, 0.29) is 22.3 Å². The standard InChI is InChI=1S/C20H15ClN4O5/c1-10-14(18(28)24(9-17(26)27)19(29)16(10)8-22)7-15-11(2)23-25(20(15)30)13-5-3-12(21)4-6-13/h3-7,28H,9H2,1-2H3,(H,26,27)/b15-7-. The molecular formula is C20H15ClN4O5. The molecule has 1 amide bonds. The first-order valence-electron chi connectivity index (χ1n) is 8.61. The zero-order chi connectivity index (χ0) is 22.2. The van der Waals surface area contributed by atoms with E-state index in [9.17, 15) is 24.8 Å². The third kappa shape index (κ3) is 3.56. The Morgan fingerprint density at radius 2 is 1.90 bits per heavy atom. The first kappa shape index (κ1) is 20.8. The number of hydrazone groups is 1. The first-order chi connectivity index (χ1) is 14.1. The summed E-state index contributed by atoms with van der Waals surface area (Å²) in [7, 11) is 0. The fraction of sp³-hybridized carbons (Fsp3) is 0.150. The number of aliphatic carboxylic acids is 1. The number of amides is 1.